The molecule has 5 N–H and O–H groups in total. The Morgan fingerprint density at radius 2 is 2.04 bits per heavy atom. The predicted octanol–water partition coefficient (Wildman–Crippen LogP) is -0.434. The van der Waals surface area contributed by atoms with Crippen molar-refractivity contribution in [2.45, 2.75) is 12.3 Å². The number of esters is 1. The molecule has 2 aliphatic rings. The first kappa shape index (κ1) is 17.5. The van der Waals surface area contributed by atoms with E-state index in [0.717, 1.165) is 12.1 Å². The summed E-state index contributed by atoms with van der Waals surface area (Å²) in [6.45, 7) is 1.48. The summed E-state index contributed by atoms with van der Waals surface area (Å²) in [5, 5.41) is 2.51. The second kappa shape index (κ2) is 5.81. The number of aromatic nitrogens is 2. The molecule has 1 unspecified atom stereocenters. The normalized spacial score (nSPS) is 19.7. The Bertz CT molecular complexity index is 1200. The summed E-state index contributed by atoms with van der Waals surface area (Å²) in [6, 6.07) is 3.39. The van der Waals surface area contributed by atoms with Crippen molar-refractivity contribution in [2.75, 3.05) is 11.9 Å². The van der Waals surface area contributed by atoms with E-state index in [-0.39, 0.29) is 17.9 Å². The number of halogens is 1. The van der Waals surface area contributed by atoms with Crippen molar-refractivity contribution in [3.8, 4) is 5.88 Å². The molecule has 1 spiro atoms. The highest BCUT2D eigenvalue weighted by molar-refractivity contribution is 6.17. The predicted molar refractivity (Wildman–Crippen MR) is 92.0 cm³/mol. The third kappa shape index (κ3) is 2.12. The maximum absolute atomic E-state index is 14.1. The summed E-state index contributed by atoms with van der Waals surface area (Å²) in [5.41, 5.74) is 1.04. The molecule has 1 aromatic heterocycles. The lowest BCUT2D eigenvalue weighted by molar-refractivity contribution is -0.140. The lowest BCUT2D eigenvalue weighted by atomic mass is 9.69. The van der Waals surface area contributed by atoms with Crippen molar-refractivity contribution >= 4 is 17.6 Å². The monoisotopic (exact) mass is 388 g/mol. The molecule has 4 rings (SSSR count). The van der Waals surface area contributed by atoms with Crippen molar-refractivity contribution in [3.05, 3.63) is 67.4 Å². The average Bonchev–Trinajstić information content (AvgIpc) is 2.87. The number of anilines is 1. The first-order chi connectivity index (χ1) is 13.3. The zero-order chi connectivity index (χ0) is 20.2. The zero-order valence-electron chi connectivity index (χ0n) is 14.3. The largest absolute Gasteiger partial charge is 0.462 e. The molecule has 144 valence electrons. The minimum atomic E-state index is -2.17. The molecule has 2 aromatic rings. The van der Waals surface area contributed by atoms with Crippen molar-refractivity contribution in [2.24, 2.45) is 5.73 Å². The molecular weight excluding hydrogens is 375 g/mol. The Morgan fingerprint density at radius 1 is 1.29 bits per heavy atom. The maximum Gasteiger partial charge on any atom is 0.341 e. The van der Waals surface area contributed by atoms with Crippen LogP contribution in [0.2, 0.25) is 0 Å². The summed E-state index contributed by atoms with van der Waals surface area (Å²) in [4.78, 5) is 54.4. The van der Waals surface area contributed by atoms with Crippen LogP contribution in [0, 0.1) is 5.82 Å². The van der Waals surface area contributed by atoms with E-state index >= 15 is 0 Å². The fourth-order valence-electron chi connectivity index (χ4n) is 3.58. The van der Waals surface area contributed by atoms with Crippen molar-refractivity contribution < 1.29 is 23.5 Å². The quantitative estimate of drug-likeness (QED) is 0.508. The molecule has 3 heterocycles. The van der Waals surface area contributed by atoms with Crippen LogP contribution in [0.1, 0.15) is 18.1 Å². The number of H-pyrrole nitrogens is 2. The van der Waals surface area contributed by atoms with Gasteiger partial charge in [0, 0.05) is 11.3 Å². The molecule has 1 aromatic carbocycles. The molecule has 0 aliphatic carbocycles. The third-order valence-corrected chi connectivity index (χ3v) is 4.57. The van der Waals surface area contributed by atoms with E-state index in [2.05, 4.69) is 10.3 Å². The van der Waals surface area contributed by atoms with Gasteiger partial charge in [-0.1, -0.05) is 0 Å². The van der Waals surface area contributed by atoms with Crippen molar-refractivity contribution in [1.82, 2.24) is 9.97 Å². The van der Waals surface area contributed by atoms with Crippen LogP contribution < -0.4 is 27.0 Å². The minimum absolute atomic E-state index is 0.0365. The Hall–Kier alpha value is -3.89. The molecule has 1 atom stereocenters. The molecule has 11 heteroatoms. The van der Waals surface area contributed by atoms with Crippen LogP contribution in [0.5, 0.6) is 5.88 Å². The number of ether oxygens (including phenoxy) is 2. The molecule has 10 nitrogen and oxygen atoms in total. The second-order valence-electron chi connectivity index (χ2n) is 6.07. The summed E-state index contributed by atoms with van der Waals surface area (Å²) < 4.78 is 24.3. The van der Waals surface area contributed by atoms with Gasteiger partial charge in [-0.25, -0.2) is 14.0 Å². The fourth-order valence-corrected chi connectivity index (χ4v) is 3.58. The standard InChI is InChI=1S/C17H13FN4O6/c1-2-27-14(24)9-11(19)28-13-10(12(23)21-16(26)22-13)17(9)7-5-6(18)3-4-8(7)20-15(17)25/h3-5H,2,19H2,1H3,(H,20,25)(H2,21,22,23,26). The third-order valence-electron chi connectivity index (χ3n) is 4.57. The number of carbonyl (C=O) groups is 2. The van der Waals surface area contributed by atoms with E-state index in [1.165, 1.54) is 13.0 Å². The van der Waals surface area contributed by atoms with Crippen LogP contribution in [-0.2, 0) is 19.7 Å². The number of aromatic amines is 2. The number of carbonyl (C=O) groups excluding carboxylic acids is 2. The van der Waals surface area contributed by atoms with Crippen molar-refractivity contribution in [1.29, 1.82) is 0 Å². The number of nitrogens with one attached hydrogen (secondary N) is 3. The molecular formula is C17H13FN4O6. The number of fused-ring (bicyclic) bond motifs is 4. The van der Waals surface area contributed by atoms with Crippen LogP contribution in [-0.4, -0.2) is 28.5 Å². The van der Waals surface area contributed by atoms with E-state index in [1.807, 2.05) is 4.98 Å². The van der Waals surface area contributed by atoms with E-state index in [4.69, 9.17) is 15.2 Å². The number of rotatable bonds is 2. The number of hydrogen-bond acceptors (Lipinski definition) is 7. The summed E-state index contributed by atoms with van der Waals surface area (Å²) >= 11 is 0. The van der Waals surface area contributed by atoms with Crippen LogP contribution in [0.3, 0.4) is 0 Å². The summed E-state index contributed by atoms with van der Waals surface area (Å²) in [5.74, 6) is -3.57. The van der Waals surface area contributed by atoms with Gasteiger partial charge in [0.15, 0.2) is 0 Å². The van der Waals surface area contributed by atoms with Gasteiger partial charge in [-0.05, 0) is 25.1 Å². The fraction of sp³-hybridized carbons (Fsp3) is 0.176. The van der Waals surface area contributed by atoms with Gasteiger partial charge in [-0.15, -0.1) is 0 Å². The van der Waals surface area contributed by atoms with Gasteiger partial charge in [0.2, 0.25) is 17.7 Å². The van der Waals surface area contributed by atoms with Crippen LogP contribution >= 0.6 is 0 Å². The Morgan fingerprint density at radius 3 is 2.75 bits per heavy atom. The Labute approximate surface area is 155 Å². The summed E-state index contributed by atoms with van der Waals surface area (Å²) in [7, 11) is 0. The molecule has 1 amide bonds. The highest BCUT2D eigenvalue weighted by Crippen LogP contribution is 2.51. The number of nitrogens with two attached hydrogens (primary N) is 1. The molecule has 0 saturated heterocycles. The summed E-state index contributed by atoms with van der Waals surface area (Å²) in [6.07, 6.45) is 0. The van der Waals surface area contributed by atoms with Gasteiger partial charge in [-0.2, -0.15) is 0 Å². The molecule has 0 bridgehead atoms. The van der Waals surface area contributed by atoms with Gasteiger partial charge < -0.3 is 20.5 Å². The average molecular weight is 388 g/mol. The van der Waals surface area contributed by atoms with Gasteiger partial charge in [0.05, 0.1) is 6.61 Å². The maximum atomic E-state index is 14.1. The SMILES string of the molecule is CCOC(=O)C1=C(N)Oc2[nH]c(=O)[nH]c(=O)c2C12C(=O)Nc1ccc(F)cc12. The van der Waals surface area contributed by atoms with Gasteiger partial charge >= 0.3 is 11.7 Å². The molecule has 28 heavy (non-hydrogen) atoms. The lowest BCUT2D eigenvalue weighted by Gasteiger charge is -2.33. The van der Waals surface area contributed by atoms with Gasteiger partial charge in [-0.3, -0.25) is 19.6 Å². The van der Waals surface area contributed by atoms with Crippen LogP contribution in [0.4, 0.5) is 10.1 Å². The Balaban J connectivity index is 2.18. The van der Waals surface area contributed by atoms with E-state index in [9.17, 15) is 23.6 Å². The van der Waals surface area contributed by atoms with E-state index < -0.39 is 57.3 Å². The first-order valence-corrected chi connectivity index (χ1v) is 8.14. The first-order valence-electron chi connectivity index (χ1n) is 8.14. The highest BCUT2D eigenvalue weighted by atomic mass is 19.1. The lowest BCUT2D eigenvalue weighted by Crippen LogP contribution is -2.50. The number of benzene rings is 1. The van der Waals surface area contributed by atoms with Gasteiger partial charge in [0.1, 0.15) is 22.4 Å². The van der Waals surface area contributed by atoms with Crippen LogP contribution in [0.25, 0.3) is 0 Å². The van der Waals surface area contributed by atoms with Crippen LogP contribution in [0.15, 0.2) is 39.2 Å². The molecule has 0 saturated carbocycles. The minimum Gasteiger partial charge on any atom is -0.462 e. The zero-order valence-corrected chi connectivity index (χ0v) is 14.3. The van der Waals surface area contributed by atoms with Crippen molar-refractivity contribution in [3.63, 3.8) is 0 Å². The highest BCUT2D eigenvalue weighted by Gasteiger charge is 2.60. The molecule has 2 aliphatic heterocycles. The number of hydrogen-bond donors (Lipinski definition) is 4. The molecule has 0 fully saturated rings. The second-order valence-corrected chi connectivity index (χ2v) is 6.07. The topological polar surface area (TPSA) is 156 Å². The van der Waals surface area contributed by atoms with Gasteiger partial charge in [0.25, 0.3) is 5.56 Å². The Kier molecular flexibility index (Phi) is 3.63. The van der Waals surface area contributed by atoms with E-state index in [1.54, 1.807) is 0 Å². The smallest absolute Gasteiger partial charge is 0.341 e. The van der Waals surface area contributed by atoms with E-state index in [0.29, 0.717) is 0 Å². The number of amides is 1. The molecule has 0 radical (unpaired) electrons.